The minimum atomic E-state index is -1.60. The van der Waals surface area contributed by atoms with E-state index < -0.39 is 201 Å². The quantitative estimate of drug-likeness (QED) is 0.0153. The Hall–Kier alpha value is -10.7. The number of nitrogens with zero attached hydrogens (tertiary/aromatic N) is 16. The maximum absolute atomic E-state index is 14.6. The van der Waals surface area contributed by atoms with Crippen molar-refractivity contribution in [3.8, 4) is 0 Å². The molecule has 4 heterocycles. The lowest BCUT2D eigenvalue weighted by Crippen LogP contribution is -2.59. The summed E-state index contributed by atoms with van der Waals surface area (Å²) in [5, 5.41) is 82.0. The van der Waals surface area contributed by atoms with Gasteiger partial charge in [0.1, 0.15) is 0 Å². The highest BCUT2D eigenvalue weighted by atomic mass is 16.5. The van der Waals surface area contributed by atoms with Crippen LogP contribution in [0.4, 0.5) is 0 Å². The lowest BCUT2D eigenvalue weighted by atomic mass is 9.86. The van der Waals surface area contributed by atoms with Crippen molar-refractivity contribution >= 4 is 113 Å². The first-order valence-electron chi connectivity index (χ1n) is 47.5. The van der Waals surface area contributed by atoms with Gasteiger partial charge in [-0.2, -0.15) is 0 Å². The first-order chi connectivity index (χ1) is 67.5. The topological polar surface area (TPSA) is 649 Å². The van der Waals surface area contributed by atoms with E-state index >= 15 is 0 Å². The summed E-state index contributed by atoms with van der Waals surface area (Å²) >= 11 is 0. The zero-order valence-corrected chi connectivity index (χ0v) is 83.8. The number of carboxylic acid groups (broad SMARTS) is 6. The maximum Gasteiger partial charge on any atom is 0.319 e. The summed E-state index contributed by atoms with van der Waals surface area (Å²) in [6.07, 6.45) is 0. The van der Waals surface area contributed by atoms with Crippen LogP contribution in [0.2, 0.25) is 0 Å². The van der Waals surface area contributed by atoms with Crippen molar-refractivity contribution in [1.29, 1.82) is 0 Å². The number of rotatable bonds is 49. The number of carbonyl (C=O) groups is 19. The van der Waals surface area contributed by atoms with Gasteiger partial charge in [-0.25, -0.2) is 0 Å². The summed E-state index contributed by atoms with van der Waals surface area (Å²) in [5.74, 6) is -15.3. The molecule has 0 saturated carbocycles. The molecule has 4 aliphatic rings. The fourth-order valence-electron chi connectivity index (χ4n) is 16.1. The molecule has 808 valence electrons. The number of carboxylic acids is 6. The molecule has 0 aromatic heterocycles. The second kappa shape index (κ2) is 67.7. The number of carbonyl (C=O) groups excluding carboxylic acids is 13. The van der Waals surface area contributed by atoms with Crippen LogP contribution < -0.4 is 42.5 Å². The number of esters is 6. The molecular weight excluding hydrogens is 1880 g/mol. The summed E-state index contributed by atoms with van der Waals surface area (Å²) in [6, 6.07) is -4.03. The number of amides is 7. The molecule has 0 spiro atoms. The molecule has 7 amide bonds. The van der Waals surface area contributed by atoms with Gasteiger partial charge in [0, 0.05) is 254 Å². The van der Waals surface area contributed by atoms with Crippen molar-refractivity contribution in [3.63, 3.8) is 0 Å². The minimum absolute atomic E-state index is 0.0627. The molecule has 4 fully saturated rings. The highest BCUT2D eigenvalue weighted by Gasteiger charge is 2.37. The van der Waals surface area contributed by atoms with E-state index in [-0.39, 0.29) is 288 Å². The first kappa shape index (κ1) is 124. The third kappa shape index (κ3) is 51.5. The van der Waals surface area contributed by atoms with Crippen molar-refractivity contribution in [2.45, 2.75) is 51.9 Å². The Kier molecular flexibility index (Phi) is 58.9. The SMILES string of the molecule is COC(=O)CN1CCN(CC(=O)O)CCN(C(C)C(=O)NCCNCC(CNC(=O)CNC(=O)C(C)N2CCN(CC(=O)O)CCN(CC(=O)O)CCN(CC(=O)OC)CC2)(CNC(=O)CNC(=O)C(C)N2CCN(CC(=O)O)CCN(CC(=O)O)CCN(CC(=O)OC)CC2)CNC(=O)CNC(=O)C(C)N2CCN(CC(=O)O)CCN(CC(=O)OC)CCN(CC(=O)OC)CC2)CCN(CC(=O)OC)CC1. The van der Waals surface area contributed by atoms with E-state index in [1.54, 1.807) is 101 Å². The molecular formula is C87H154N24O31. The Balaban J connectivity index is 1.81. The lowest BCUT2D eigenvalue weighted by molar-refractivity contribution is -0.144. The van der Waals surface area contributed by atoms with Gasteiger partial charge in [0.05, 0.1) is 165 Å². The molecule has 4 unspecified atom stereocenters. The van der Waals surface area contributed by atoms with Gasteiger partial charge >= 0.3 is 71.6 Å². The van der Waals surface area contributed by atoms with E-state index in [1.165, 1.54) is 42.7 Å². The summed E-state index contributed by atoms with van der Waals surface area (Å²) in [5.41, 5.74) is -1.60. The van der Waals surface area contributed by atoms with Crippen molar-refractivity contribution in [2.24, 2.45) is 5.41 Å². The number of nitrogens with one attached hydrogen (secondary N) is 8. The fourth-order valence-corrected chi connectivity index (χ4v) is 16.1. The number of ether oxygens (including phenoxy) is 6. The van der Waals surface area contributed by atoms with Gasteiger partial charge in [0.2, 0.25) is 41.4 Å². The minimum Gasteiger partial charge on any atom is -0.480 e. The van der Waals surface area contributed by atoms with Gasteiger partial charge < -0.3 is 102 Å². The molecule has 4 aliphatic heterocycles. The zero-order valence-electron chi connectivity index (χ0n) is 83.8. The Bertz CT molecular complexity index is 3910. The summed E-state index contributed by atoms with van der Waals surface area (Å²) in [7, 11) is 7.35. The average Bonchev–Trinajstić information content (AvgIpc) is 0.847. The van der Waals surface area contributed by atoms with Gasteiger partial charge in [-0.05, 0) is 27.7 Å². The standard InChI is InChI=1S/C87H154N24O31/c1-64(108-37-29-100(52-75(123)124)19-21-102(54-77(127)137-5)25-27-106(33-41-108)58-81(131)141-9)83(133)89-12-11-88-60-87(61-93-68(112)45-90-84(134)65(2)109-38-30-98(50-73(119)120)15-13-96(48-71(115)116)17-23-104(34-42-109)56-79(129)139-7,62-94-69(113)46-91-85(135)66(3)110-39-31-99(51-74(121)122)16-14-97(49-72(117)118)18-24-105(35-43-110)57-80(130)140-8)63-95-70(114)47-92-86(136)67(4)111-40-32-101(53-76(125)126)20-22-103(55-78(128)138-6)26-28-107(36-44-111)59-82(132)142-10/h64-67,88H,11-63H2,1-10H3,(H,89,133)(H,90,134)(H,91,135)(H,92,136)(H,93,112)(H,94,113)(H,95,114)(H,115,116)(H,117,118)(H,119,120)(H,121,122)(H,123,124)(H,125,126). The number of aliphatic carboxylic acids is 6. The Morgan fingerprint density at radius 1 is 0.218 bits per heavy atom. The first-order valence-corrected chi connectivity index (χ1v) is 47.5. The van der Waals surface area contributed by atoms with E-state index in [9.17, 15) is 122 Å². The molecule has 0 aliphatic carbocycles. The summed E-state index contributed by atoms with van der Waals surface area (Å²) in [4.78, 5) is 278. The predicted molar refractivity (Wildman–Crippen MR) is 506 cm³/mol. The molecule has 0 aromatic carbocycles. The van der Waals surface area contributed by atoms with E-state index in [0.29, 0.717) is 0 Å². The molecule has 55 nitrogen and oxygen atoms in total. The molecule has 55 heteroatoms. The zero-order chi connectivity index (χ0) is 105. The monoisotopic (exact) mass is 2030 g/mol. The van der Waals surface area contributed by atoms with Crippen molar-refractivity contribution in [3.05, 3.63) is 0 Å². The van der Waals surface area contributed by atoms with Crippen molar-refractivity contribution < 1.29 is 150 Å². The second-order valence-corrected chi connectivity index (χ2v) is 35.4. The van der Waals surface area contributed by atoms with E-state index in [2.05, 4.69) is 42.5 Å². The third-order valence-electron chi connectivity index (χ3n) is 25.2. The Labute approximate surface area is 827 Å². The largest absolute Gasteiger partial charge is 0.480 e. The van der Waals surface area contributed by atoms with Crippen LogP contribution in [-0.4, -0.2) is 636 Å². The summed E-state index contributed by atoms with van der Waals surface area (Å²) < 4.78 is 29.8. The molecule has 0 bridgehead atoms. The number of hydrogen-bond donors (Lipinski definition) is 14. The van der Waals surface area contributed by atoms with E-state index in [1.807, 2.05) is 4.90 Å². The van der Waals surface area contributed by atoms with Crippen molar-refractivity contribution in [2.75, 3.05) is 390 Å². The van der Waals surface area contributed by atoms with Gasteiger partial charge in [0.25, 0.3) is 0 Å². The van der Waals surface area contributed by atoms with Gasteiger partial charge in [-0.3, -0.25) is 169 Å². The van der Waals surface area contributed by atoms with E-state index in [0.717, 1.165) is 0 Å². The molecule has 4 atom stereocenters. The van der Waals surface area contributed by atoms with Crippen LogP contribution in [0.3, 0.4) is 0 Å². The molecule has 142 heavy (non-hydrogen) atoms. The van der Waals surface area contributed by atoms with Gasteiger partial charge in [0.15, 0.2) is 0 Å². The normalized spacial score (nSPS) is 19.3. The highest BCUT2D eigenvalue weighted by molar-refractivity contribution is 5.89. The van der Waals surface area contributed by atoms with Crippen LogP contribution in [0.15, 0.2) is 0 Å². The molecule has 4 saturated heterocycles. The van der Waals surface area contributed by atoms with Crippen LogP contribution in [0, 0.1) is 5.41 Å². The van der Waals surface area contributed by atoms with Gasteiger partial charge in [-0.15, -0.1) is 0 Å². The van der Waals surface area contributed by atoms with Crippen LogP contribution in [0.1, 0.15) is 27.7 Å². The molecule has 4 rings (SSSR count). The van der Waals surface area contributed by atoms with Crippen LogP contribution in [0.25, 0.3) is 0 Å². The van der Waals surface area contributed by atoms with Crippen LogP contribution >= 0.6 is 0 Å². The van der Waals surface area contributed by atoms with Crippen LogP contribution in [-0.2, 0) is 120 Å². The Morgan fingerprint density at radius 2 is 0.373 bits per heavy atom. The Morgan fingerprint density at radius 3 is 0.535 bits per heavy atom. The fraction of sp³-hybridized carbons (Fsp3) is 0.782. The second-order valence-electron chi connectivity index (χ2n) is 35.4. The molecule has 0 radical (unpaired) electrons. The summed E-state index contributed by atoms with van der Waals surface area (Å²) in [6.45, 7) is 3.57. The third-order valence-corrected chi connectivity index (χ3v) is 25.2. The maximum atomic E-state index is 14.6. The van der Waals surface area contributed by atoms with Gasteiger partial charge in [-0.1, -0.05) is 0 Å². The molecule has 0 aromatic rings. The van der Waals surface area contributed by atoms with Crippen LogP contribution in [0.5, 0.6) is 0 Å². The van der Waals surface area contributed by atoms with E-state index in [4.69, 9.17) is 28.4 Å². The average molecular weight is 2030 g/mol. The predicted octanol–water partition coefficient (Wildman–Crippen LogP) is -12.6. The van der Waals surface area contributed by atoms with Crippen molar-refractivity contribution in [1.82, 2.24) is 121 Å². The smallest absolute Gasteiger partial charge is 0.319 e. The highest BCUT2D eigenvalue weighted by Crippen LogP contribution is 2.17. The number of methoxy groups -OCH3 is 6. The number of hydrogen-bond acceptors (Lipinski definition) is 42. The molecule has 14 N–H and O–H groups in total. The lowest BCUT2D eigenvalue weighted by Gasteiger charge is -2.36.